The maximum atomic E-state index is 10.0. The van der Waals surface area contributed by atoms with Crippen molar-refractivity contribution in [1.29, 1.82) is 0 Å². The van der Waals surface area contributed by atoms with Gasteiger partial charge in [-0.15, -0.1) is 0 Å². The lowest BCUT2D eigenvalue weighted by atomic mass is 10.0. The molecular formula is C16H34O6. The molecule has 1 aliphatic carbocycles. The summed E-state index contributed by atoms with van der Waals surface area (Å²) in [6, 6.07) is 0. The average Bonchev–Trinajstić information content (AvgIpc) is 2.56. The molecule has 22 heavy (non-hydrogen) atoms. The van der Waals surface area contributed by atoms with Crippen LogP contribution >= 0.6 is 0 Å². The third-order valence-electron chi connectivity index (χ3n) is 3.03. The van der Waals surface area contributed by atoms with Gasteiger partial charge in [-0.25, -0.2) is 0 Å². The number of hydrogen-bond acceptors (Lipinski definition) is 4. The predicted octanol–water partition coefficient (Wildman–Crippen LogP) is 3.05. The quantitative estimate of drug-likeness (QED) is 0.535. The molecule has 0 heterocycles. The molecule has 0 amide bonds. The third kappa shape index (κ3) is 31.3. The van der Waals surface area contributed by atoms with E-state index in [1.165, 1.54) is 38.5 Å². The van der Waals surface area contributed by atoms with Crippen LogP contribution in [0.3, 0.4) is 0 Å². The normalized spacial score (nSPS) is 12.4. The third-order valence-corrected chi connectivity index (χ3v) is 3.03. The molecule has 6 nitrogen and oxygen atoms in total. The Balaban J connectivity index is -0.000000299. The zero-order valence-corrected chi connectivity index (χ0v) is 14.1. The van der Waals surface area contributed by atoms with Crippen LogP contribution in [-0.2, 0) is 9.59 Å². The number of rotatable bonds is 7. The Labute approximate surface area is 134 Å². The summed E-state index contributed by atoms with van der Waals surface area (Å²) >= 11 is 0. The molecule has 0 bridgehead atoms. The first kappa shape index (κ1) is 25.8. The number of aliphatic hydroxyl groups is 2. The minimum absolute atomic E-state index is 0.188. The molecule has 0 aliphatic heterocycles. The SMILES string of the molecule is C1CCCCC1.CO.CO.O=C(O)CCCCCCC(=O)O. The molecule has 1 fully saturated rings. The number of aliphatic carboxylic acids is 2. The number of carboxylic acids is 2. The van der Waals surface area contributed by atoms with Crippen molar-refractivity contribution in [3.63, 3.8) is 0 Å². The first-order valence-electron chi connectivity index (χ1n) is 7.96. The van der Waals surface area contributed by atoms with E-state index < -0.39 is 11.9 Å². The van der Waals surface area contributed by atoms with E-state index >= 15 is 0 Å². The molecule has 0 aromatic rings. The first-order valence-corrected chi connectivity index (χ1v) is 7.96. The van der Waals surface area contributed by atoms with Crippen LogP contribution in [0.25, 0.3) is 0 Å². The summed E-state index contributed by atoms with van der Waals surface area (Å²) in [7, 11) is 2.00. The number of carboxylic acid groups (broad SMARTS) is 2. The fraction of sp³-hybridized carbons (Fsp3) is 0.875. The lowest BCUT2D eigenvalue weighted by molar-refractivity contribution is -0.138. The summed E-state index contributed by atoms with van der Waals surface area (Å²) in [6.45, 7) is 0. The van der Waals surface area contributed by atoms with Crippen molar-refractivity contribution < 1.29 is 30.0 Å². The molecule has 134 valence electrons. The predicted molar refractivity (Wildman–Crippen MR) is 87.0 cm³/mol. The Morgan fingerprint density at radius 2 is 0.818 bits per heavy atom. The molecule has 0 atom stereocenters. The van der Waals surface area contributed by atoms with Crippen molar-refractivity contribution in [2.75, 3.05) is 14.2 Å². The zero-order chi connectivity index (χ0) is 17.6. The molecule has 0 radical (unpaired) electrons. The molecule has 0 aromatic heterocycles. The van der Waals surface area contributed by atoms with E-state index in [4.69, 9.17) is 20.4 Å². The Kier molecular flexibility index (Phi) is 29.1. The van der Waals surface area contributed by atoms with Crippen LogP contribution in [0, 0.1) is 0 Å². The van der Waals surface area contributed by atoms with Crippen LogP contribution in [-0.4, -0.2) is 46.6 Å². The van der Waals surface area contributed by atoms with E-state index in [9.17, 15) is 9.59 Å². The maximum absolute atomic E-state index is 10.0. The fourth-order valence-electron chi connectivity index (χ4n) is 1.97. The standard InChI is InChI=1S/C8H14O4.C6H12.2CH4O/c9-7(10)5-3-1-2-4-6-8(11)12;1-2-4-6-5-3-1;2*1-2/h1-6H2,(H,9,10)(H,11,12);1-6H2;2*2H,1H3. The summed E-state index contributed by atoms with van der Waals surface area (Å²) in [6.07, 6.45) is 12.3. The second-order valence-electron chi connectivity index (χ2n) is 4.82. The highest BCUT2D eigenvalue weighted by atomic mass is 16.4. The van der Waals surface area contributed by atoms with E-state index in [2.05, 4.69) is 0 Å². The van der Waals surface area contributed by atoms with Gasteiger partial charge in [0.15, 0.2) is 0 Å². The van der Waals surface area contributed by atoms with Gasteiger partial charge in [-0.05, 0) is 12.8 Å². The first-order chi connectivity index (χ1) is 10.6. The smallest absolute Gasteiger partial charge is 0.303 e. The van der Waals surface area contributed by atoms with Gasteiger partial charge in [0, 0.05) is 27.1 Å². The van der Waals surface area contributed by atoms with Crippen LogP contribution < -0.4 is 0 Å². The number of unbranched alkanes of at least 4 members (excludes halogenated alkanes) is 3. The van der Waals surface area contributed by atoms with Crippen molar-refractivity contribution in [3.05, 3.63) is 0 Å². The maximum Gasteiger partial charge on any atom is 0.303 e. The summed E-state index contributed by atoms with van der Waals surface area (Å²) < 4.78 is 0. The Morgan fingerprint density at radius 3 is 1.00 bits per heavy atom. The van der Waals surface area contributed by atoms with E-state index in [0.717, 1.165) is 27.1 Å². The Bertz CT molecular complexity index is 197. The summed E-state index contributed by atoms with van der Waals surface area (Å²) in [5, 5.41) is 30.5. The van der Waals surface area contributed by atoms with Crippen molar-refractivity contribution in [1.82, 2.24) is 0 Å². The molecule has 4 N–H and O–H groups in total. The second kappa shape index (κ2) is 24.9. The van der Waals surface area contributed by atoms with Crippen LogP contribution in [0.1, 0.15) is 77.0 Å². The highest BCUT2D eigenvalue weighted by molar-refractivity contribution is 5.66. The van der Waals surface area contributed by atoms with Gasteiger partial charge in [-0.2, -0.15) is 0 Å². The van der Waals surface area contributed by atoms with Gasteiger partial charge in [-0.1, -0.05) is 51.4 Å². The van der Waals surface area contributed by atoms with Gasteiger partial charge < -0.3 is 20.4 Å². The van der Waals surface area contributed by atoms with Gasteiger partial charge in [0.1, 0.15) is 0 Å². The van der Waals surface area contributed by atoms with Crippen LogP contribution in [0.15, 0.2) is 0 Å². The molecule has 0 unspecified atom stereocenters. The van der Waals surface area contributed by atoms with Crippen LogP contribution in [0.4, 0.5) is 0 Å². The van der Waals surface area contributed by atoms with E-state index in [1.807, 2.05) is 0 Å². The van der Waals surface area contributed by atoms with Gasteiger partial charge in [-0.3, -0.25) is 9.59 Å². The van der Waals surface area contributed by atoms with E-state index in [1.54, 1.807) is 0 Å². The van der Waals surface area contributed by atoms with E-state index in [-0.39, 0.29) is 12.8 Å². The number of carbonyl (C=O) groups is 2. The van der Waals surface area contributed by atoms with Crippen LogP contribution in [0.2, 0.25) is 0 Å². The zero-order valence-electron chi connectivity index (χ0n) is 14.1. The van der Waals surface area contributed by atoms with Crippen LogP contribution in [0.5, 0.6) is 0 Å². The van der Waals surface area contributed by atoms with Gasteiger partial charge in [0.2, 0.25) is 0 Å². The van der Waals surface area contributed by atoms with Crippen molar-refractivity contribution in [2.45, 2.75) is 77.0 Å². The lowest BCUT2D eigenvalue weighted by Gasteiger charge is -2.05. The molecule has 0 aromatic carbocycles. The van der Waals surface area contributed by atoms with Crippen molar-refractivity contribution in [3.8, 4) is 0 Å². The monoisotopic (exact) mass is 322 g/mol. The minimum atomic E-state index is -0.784. The summed E-state index contributed by atoms with van der Waals surface area (Å²) in [5.74, 6) is -1.57. The Morgan fingerprint density at radius 1 is 0.591 bits per heavy atom. The highest BCUT2D eigenvalue weighted by Gasteiger charge is 1.98. The highest BCUT2D eigenvalue weighted by Crippen LogP contribution is 2.15. The molecule has 6 heteroatoms. The molecule has 1 rings (SSSR count). The van der Waals surface area contributed by atoms with Crippen molar-refractivity contribution in [2.24, 2.45) is 0 Å². The molecule has 1 aliphatic rings. The lowest BCUT2D eigenvalue weighted by Crippen LogP contribution is -1.95. The Hall–Kier alpha value is -1.14. The minimum Gasteiger partial charge on any atom is -0.481 e. The summed E-state index contributed by atoms with van der Waals surface area (Å²) in [4.78, 5) is 20.1. The molecule has 0 spiro atoms. The molecule has 0 saturated heterocycles. The fourth-order valence-corrected chi connectivity index (χ4v) is 1.97. The second-order valence-corrected chi connectivity index (χ2v) is 4.82. The topological polar surface area (TPSA) is 115 Å². The van der Waals surface area contributed by atoms with Crippen molar-refractivity contribution >= 4 is 11.9 Å². The molecule has 1 saturated carbocycles. The average molecular weight is 322 g/mol. The number of hydrogen-bond donors (Lipinski definition) is 4. The van der Waals surface area contributed by atoms with Gasteiger partial charge in [0.05, 0.1) is 0 Å². The van der Waals surface area contributed by atoms with Gasteiger partial charge >= 0.3 is 11.9 Å². The summed E-state index contributed by atoms with van der Waals surface area (Å²) in [5.41, 5.74) is 0. The number of aliphatic hydroxyl groups excluding tert-OH is 2. The largest absolute Gasteiger partial charge is 0.481 e. The molecular weight excluding hydrogens is 288 g/mol. The van der Waals surface area contributed by atoms with Gasteiger partial charge in [0.25, 0.3) is 0 Å². The van der Waals surface area contributed by atoms with E-state index in [0.29, 0.717) is 12.8 Å².